The monoisotopic (exact) mass is 809 g/mol. The Morgan fingerprint density at radius 3 is 2.30 bits per heavy atom. The summed E-state index contributed by atoms with van der Waals surface area (Å²) in [4.78, 5) is 62.4. The first-order valence-corrected chi connectivity index (χ1v) is 20.1. The average molecular weight is 810 g/mol. The molecule has 4 N–H and O–H groups in total. The van der Waals surface area contributed by atoms with E-state index in [2.05, 4.69) is 21.0 Å². The van der Waals surface area contributed by atoms with Crippen LogP contribution in [0.25, 0.3) is 0 Å². The van der Waals surface area contributed by atoms with Gasteiger partial charge in [-0.25, -0.2) is 19.6 Å². The second-order valence-electron chi connectivity index (χ2n) is 15.4. The summed E-state index contributed by atoms with van der Waals surface area (Å²) in [5.74, 6) is -0.432. The van der Waals surface area contributed by atoms with Gasteiger partial charge in [0.2, 0.25) is 5.91 Å². The van der Waals surface area contributed by atoms with Crippen molar-refractivity contribution >= 4 is 35.3 Å². The van der Waals surface area contributed by atoms with Gasteiger partial charge < -0.3 is 39.8 Å². The topological polar surface area (TPSA) is 175 Å². The van der Waals surface area contributed by atoms with Crippen LogP contribution in [0.3, 0.4) is 0 Å². The molecule has 15 nitrogen and oxygen atoms in total. The van der Waals surface area contributed by atoms with E-state index in [1.807, 2.05) is 82.5 Å². The predicted octanol–water partition coefficient (Wildman–Crippen LogP) is 4.34. The largest absolute Gasteiger partial charge is 0.497 e. The molecule has 2 heterocycles. The predicted molar refractivity (Wildman–Crippen MR) is 217 cm³/mol. The standard InChI is InChI=1S/C41H59N7O8S/c1-9-27(2)35(48-20-19-46(40(48)53)23-30-26-57-34(42-30)25-54-6)37(50)43-32(21-28-13-11-10-12-14-28)33(49)24-47(22-29-15-17-31(55-7)18-16-29)45-38(51)36(41(3,4)5)44-39(52)56-8/h10-18,26-27,32-33,35-36,49H,9,19-25H2,1-8H3,(H,43,50)(H,44,52)(H,45,51)/t27-,32-,33-,35-,36+/m0/s1. The lowest BCUT2D eigenvalue weighted by Gasteiger charge is -2.36. The smallest absolute Gasteiger partial charge is 0.407 e. The van der Waals surface area contributed by atoms with Crippen molar-refractivity contribution in [3.05, 3.63) is 81.8 Å². The summed E-state index contributed by atoms with van der Waals surface area (Å²) in [7, 11) is 4.41. The molecule has 5 amide bonds. The van der Waals surface area contributed by atoms with Gasteiger partial charge in [-0.15, -0.1) is 11.3 Å². The Kier molecular flexibility index (Phi) is 16.7. The third-order valence-electron chi connectivity index (χ3n) is 10.0. The van der Waals surface area contributed by atoms with Crippen LogP contribution in [-0.4, -0.2) is 114 Å². The zero-order valence-electron chi connectivity index (χ0n) is 34.3. The number of nitrogens with one attached hydrogen (secondary N) is 3. The van der Waals surface area contributed by atoms with Crippen LogP contribution in [-0.2, 0) is 45.2 Å². The minimum absolute atomic E-state index is 0.103. The molecule has 0 spiro atoms. The van der Waals surface area contributed by atoms with Crippen LogP contribution >= 0.6 is 11.3 Å². The number of aromatic nitrogens is 1. The number of ether oxygens (including phenoxy) is 3. The Labute approximate surface area is 340 Å². The highest BCUT2D eigenvalue weighted by Gasteiger charge is 2.41. The first kappa shape index (κ1) is 44.9. The quantitative estimate of drug-likeness (QED) is 0.120. The van der Waals surface area contributed by atoms with Gasteiger partial charge in [0.25, 0.3) is 5.91 Å². The molecule has 4 rings (SSSR count). The summed E-state index contributed by atoms with van der Waals surface area (Å²) in [6.07, 6.45) is -1.06. The number of nitrogens with zero attached hydrogens (tertiary/aromatic N) is 4. The van der Waals surface area contributed by atoms with Crippen molar-refractivity contribution in [3.63, 3.8) is 0 Å². The van der Waals surface area contributed by atoms with Crippen molar-refractivity contribution in [2.24, 2.45) is 11.3 Å². The summed E-state index contributed by atoms with van der Waals surface area (Å²) in [5, 5.41) is 22.1. The molecule has 0 radical (unpaired) electrons. The number of aliphatic hydroxyl groups excluding tert-OH is 1. The summed E-state index contributed by atoms with van der Waals surface area (Å²) in [6, 6.07) is 13.9. The molecule has 0 saturated carbocycles. The fraction of sp³-hybridized carbons (Fsp3) is 0.537. The van der Waals surface area contributed by atoms with E-state index < -0.39 is 41.6 Å². The maximum Gasteiger partial charge on any atom is 0.407 e. The molecular weight excluding hydrogens is 751 g/mol. The highest BCUT2D eigenvalue weighted by molar-refractivity contribution is 7.09. The Bertz CT molecular complexity index is 1750. The molecule has 1 fully saturated rings. The lowest BCUT2D eigenvalue weighted by molar-refractivity contribution is -0.132. The zero-order chi connectivity index (χ0) is 41.7. The molecule has 1 saturated heterocycles. The van der Waals surface area contributed by atoms with Crippen molar-refractivity contribution in [1.82, 2.24) is 35.9 Å². The Morgan fingerprint density at radius 2 is 1.68 bits per heavy atom. The average Bonchev–Trinajstić information content (AvgIpc) is 3.78. The molecule has 0 bridgehead atoms. The fourth-order valence-electron chi connectivity index (χ4n) is 6.69. The van der Waals surface area contributed by atoms with Crippen LogP contribution in [0.1, 0.15) is 62.9 Å². The third kappa shape index (κ3) is 12.9. The number of amides is 5. The zero-order valence-corrected chi connectivity index (χ0v) is 35.1. The van der Waals surface area contributed by atoms with E-state index in [0.717, 1.165) is 21.8 Å². The molecule has 2 aromatic carbocycles. The number of hydrogen-bond acceptors (Lipinski definition) is 11. The van der Waals surface area contributed by atoms with Gasteiger partial charge in [0.05, 0.1) is 45.2 Å². The SMILES string of the molecule is CC[C@H](C)[C@@H](C(=O)N[C@@H](Cc1ccccc1)[C@@H](O)CN(Cc1ccc(OC)cc1)NC(=O)[C@@H](NC(=O)OC)C(C)(C)C)N1CCN(Cc2csc(COC)n2)C1=O. The van der Waals surface area contributed by atoms with Gasteiger partial charge in [-0.2, -0.15) is 0 Å². The molecule has 3 aromatic rings. The van der Waals surface area contributed by atoms with Crippen molar-refractivity contribution in [3.8, 4) is 5.75 Å². The lowest BCUT2D eigenvalue weighted by Crippen LogP contribution is -2.60. The lowest BCUT2D eigenvalue weighted by atomic mass is 9.86. The second-order valence-corrected chi connectivity index (χ2v) is 16.3. The van der Waals surface area contributed by atoms with E-state index in [1.165, 1.54) is 18.4 Å². The van der Waals surface area contributed by atoms with Gasteiger partial charge in [0.15, 0.2) is 0 Å². The van der Waals surface area contributed by atoms with E-state index in [-0.39, 0.29) is 37.4 Å². The van der Waals surface area contributed by atoms with Crippen LogP contribution < -0.4 is 20.8 Å². The Hall–Kier alpha value is -4.77. The highest BCUT2D eigenvalue weighted by atomic mass is 32.1. The van der Waals surface area contributed by atoms with Crippen LogP contribution in [0.4, 0.5) is 9.59 Å². The van der Waals surface area contributed by atoms with Gasteiger partial charge in [-0.1, -0.05) is 83.5 Å². The number of carbonyl (C=O) groups is 4. The van der Waals surface area contributed by atoms with Crippen molar-refractivity contribution in [1.29, 1.82) is 0 Å². The van der Waals surface area contributed by atoms with Gasteiger partial charge in [-0.05, 0) is 41.0 Å². The molecule has 1 aliphatic heterocycles. The first-order chi connectivity index (χ1) is 27.2. The van der Waals surface area contributed by atoms with Crippen LogP contribution in [0.15, 0.2) is 60.0 Å². The first-order valence-electron chi connectivity index (χ1n) is 19.2. The molecule has 0 unspecified atom stereocenters. The van der Waals surface area contributed by atoms with Crippen LogP contribution in [0.2, 0.25) is 0 Å². The highest BCUT2D eigenvalue weighted by Crippen LogP contribution is 2.24. The number of urea groups is 1. The molecule has 312 valence electrons. The second kappa shape index (κ2) is 21.1. The summed E-state index contributed by atoms with van der Waals surface area (Å²) in [5.41, 5.74) is 4.66. The number of carbonyl (C=O) groups excluding carboxylic acids is 4. The van der Waals surface area contributed by atoms with Crippen molar-refractivity contribution < 1.29 is 38.5 Å². The number of hydrogen-bond donors (Lipinski definition) is 4. The summed E-state index contributed by atoms with van der Waals surface area (Å²) >= 11 is 1.47. The van der Waals surface area contributed by atoms with Crippen molar-refractivity contribution in [2.45, 2.75) is 91.4 Å². The van der Waals surface area contributed by atoms with Crippen molar-refractivity contribution in [2.75, 3.05) is 41.0 Å². The number of aliphatic hydroxyl groups is 1. The maximum atomic E-state index is 14.5. The molecular formula is C41H59N7O8S. The minimum Gasteiger partial charge on any atom is -0.497 e. The number of alkyl carbamates (subject to hydrolysis) is 1. The molecule has 16 heteroatoms. The summed E-state index contributed by atoms with van der Waals surface area (Å²) < 4.78 is 15.3. The molecule has 1 aliphatic rings. The van der Waals surface area contributed by atoms with Gasteiger partial charge >= 0.3 is 12.1 Å². The summed E-state index contributed by atoms with van der Waals surface area (Å²) in [6.45, 7) is 11.0. The molecule has 57 heavy (non-hydrogen) atoms. The normalized spacial score (nSPS) is 15.8. The number of rotatable bonds is 20. The van der Waals surface area contributed by atoms with E-state index >= 15 is 0 Å². The third-order valence-corrected chi connectivity index (χ3v) is 10.9. The molecule has 0 aliphatic carbocycles. The Balaban J connectivity index is 1.60. The van der Waals surface area contributed by atoms with E-state index in [1.54, 1.807) is 41.2 Å². The number of thiazole rings is 1. The number of hydrazine groups is 1. The maximum absolute atomic E-state index is 14.5. The van der Waals surface area contributed by atoms with Gasteiger partial charge in [0.1, 0.15) is 22.8 Å². The van der Waals surface area contributed by atoms with E-state index in [4.69, 9.17) is 14.2 Å². The fourth-order valence-corrected chi connectivity index (χ4v) is 7.44. The Morgan fingerprint density at radius 1 is 0.982 bits per heavy atom. The minimum atomic E-state index is -1.20. The van der Waals surface area contributed by atoms with Crippen LogP contribution in [0, 0.1) is 11.3 Å². The van der Waals surface area contributed by atoms with Crippen LogP contribution in [0.5, 0.6) is 5.75 Å². The number of methoxy groups -OCH3 is 3. The van der Waals surface area contributed by atoms with E-state index in [0.29, 0.717) is 38.4 Å². The number of benzene rings is 2. The van der Waals surface area contributed by atoms with Gasteiger partial charge in [0, 0.05) is 38.7 Å². The van der Waals surface area contributed by atoms with E-state index in [9.17, 15) is 24.3 Å². The molecule has 1 aromatic heterocycles. The molecule has 5 atom stereocenters. The van der Waals surface area contributed by atoms with Gasteiger partial charge in [-0.3, -0.25) is 15.0 Å².